The number of benzene rings is 1. The highest BCUT2D eigenvalue weighted by atomic mass is 32.2. The van der Waals surface area contributed by atoms with Crippen LogP contribution in [-0.2, 0) is 6.54 Å². The molecule has 1 fully saturated rings. The van der Waals surface area contributed by atoms with E-state index in [0.717, 1.165) is 54.7 Å². The highest BCUT2D eigenvalue weighted by molar-refractivity contribution is 7.99. The number of oxime groups is 1. The van der Waals surface area contributed by atoms with Crippen LogP contribution >= 0.6 is 11.8 Å². The summed E-state index contributed by atoms with van der Waals surface area (Å²) in [7, 11) is 0. The molecule has 0 saturated carbocycles. The van der Waals surface area contributed by atoms with Gasteiger partial charge in [-0.1, -0.05) is 23.0 Å². The van der Waals surface area contributed by atoms with Crippen molar-refractivity contribution in [2.24, 2.45) is 5.16 Å². The Labute approximate surface area is 138 Å². The zero-order valence-electron chi connectivity index (χ0n) is 12.6. The number of piperidine rings is 1. The summed E-state index contributed by atoms with van der Waals surface area (Å²) in [5, 5.41) is 16.4. The van der Waals surface area contributed by atoms with E-state index < -0.39 is 0 Å². The molecule has 2 aliphatic heterocycles. The molecule has 2 aromatic rings. The number of fused-ring (bicyclic) bond motifs is 2. The van der Waals surface area contributed by atoms with Gasteiger partial charge in [-0.05, 0) is 17.7 Å². The van der Waals surface area contributed by atoms with Crippen molar-refractivity contribution < 1.29 is 5.21 Å². The van der Waals surface area contributed by atoms with Crippen molar-refractivity contribution in [3.8, 4) is 0 Å². The molecule has 2 aliphatic rings. The summed E-state index contributed by atoms with van der Waals surface area (Å²) in [5.41, 5.74) is 3.27. The van der Waals surface area contributed by atoms with Crippen molar-refractivity contribution in [1.29, 1.82) is 0 Å². The van der Waals surface area contributed by atoms with E-state index in [-0.39, 0.29) is 0 Å². The second kappa shape index (κ2) is 6.17. The van der Waals surface area contributed by atoms with Gasteiger partial charge in [0, 0.05) is 49.8 Å². The Balaban J connectivity index is 1.48. The van der Waals surface area contributed by atoms with Crippen LogP contribution in [0.25, 0.3) is 0 Å². The van der Waals surface area contributed by atoms with Gasteiger partial charge >= 0.3 is 0 Å². The first-order valence-corrected chi connectivity index (χ1v) is 8.44. The molecule has 0 amide bonds. The van der Waals surface area contributed by atoms with E-state index in [9.17, 15) is 0 Å². The molecule has 118 valence electrons. The smallest absolute Gasteiger partial charge is 0.163 e. The highest BCUT2D eigenvalue weighted by Crippen LogP contribution is 2.42. The van der Waals surface area contributed by atoms with Crippen LogP contribution in [0.15, 0.2) is 45.7 Å². The Bertz CT molecular complexity index is 754. The van der Waals surface area contributed by atoms with Crippen LogP contribution in [0, 0.1) is 0 Å². The average Bonchev–Trinajstić information content (AvgIpc) is 2.60. The van der Waals surface area contributed by atoms with Crippen LogP contribution in [-0.4, -0.2) is 38.9 Å². The number of hydrogen-bond donors (Lipinski definition) is 2. The first-order chi connectivity index (χ1) is 11.3. The fourth-order valence-corrected chi connectivity index (χ4v) is 3.79. The zero-order chi connectivity index (χ0) is 15.6. The number of rotatable bonds is 2. The summed E-state index contributed by atoms with van der Waals surface area (Å²) in [5.74, 6) is 0.823. The standard InChI is InChI=1S/C16H17N5OS/c22-20-12-3-7-21(8-4-12)10-11-1-2-14-13(9-11)19-15-16(23-14)18-6-5-17-15/h1-2,5-6,9,22H,3-4,7-8,10H2,(H,17,19). The van der Waals surface area contributed by atoms with E-state index in [1.165, 1.54) is 10.5 Å². The first kappa shape index (κ1) is 14.5. The van der Waals surface area contributed by atoms with Crippen LogP contribution < -0.4 is 5.32 Å². The van der Waals surface area contributed by atoms with Crippen LogP contribution in [0.2, 0.25) is 0 Å². The topological polar surface area (TPSA) is 73.6 Å². The number of nitrogens with zero attached hydrogens (tertiary/aromatic N) is 4. The van der Waals surface area contributed by atoms with E-state index >= 15 is 0 Å². The molecule has 0 aliphatic carbocycles. The first-order valence-electron chi connectivity index (χ1n) is 7.63. The zero-order valence-corrected chi connectivity index (χ0v) is 13.4. The Kier molecular flexibility index (Phi) is 3.88. The molecule has 1 aromatic carbocycles. The van der Waals surface area contributed by atoms with Crippen molar-refractivity contribution in [1.82, 2.24) is 14.9 Å². The molecule has 0 unspecified atom stereocenters. The molecule has 2 N–H and O–H groups in total. The van der Waals surface area contributed by atoms with E-state index in [1.54, 1.807) is 24.2 Å². The second-order valence-corrected chi connectivity index (χ2v) is 6.74. The van der Waals surface area contributed by atoms with Gasteiger partial charge in [0.2, 0.25) is 0 Å². The Morgan fingerprint density at radius 2 is 2.04 bits per heavy atom. The molecule has 0 atom stereocenters. The van der Waals surface area contributed by atoms with Gasteiger partial charge < -0.3 is 10.5 Å². The van der Waals surface area contributed by atoms with Crippen LogP contribution in [0.1, 0.15) is 18.4 Å². The predicted molar refractivity (Wildman–Crippen MR) is 89.6 cm³/mol. The quantitative estimate of drug-likeness (QED) is 0.556. The summed E-state index contributed by atoms with van der Waals surface area (Å²) < 4.78 is 0. The minimum absolute atomic E-state index is 0.823. The van der Waals surface area contributed by atoms with Gasteiger partial charge in [0.05, 0.1) is 11.4 Å². The minimum Gasteiger partial charge on any atom is -0.411 e. The lowest BCUT2D eigenvalue weighted by atomic mass is 10.1. The molecule has 1 saturated heterocycles. The number of hydrogen-bond acceptors (Lipinski definition) is 7. The molecular weight excluding hydrogens is 310 g/mol. The summed E-state index contributed by atoms with van der Waals surface area (Å²) >= 11 is 1.65. The van der Waals surface area contributed by atoms with Crippen LogP contribution in [0.4, 0.5) is 11.5 Å². The number of nitrogens with one attached hydrogen (secondary N) is 1. The van der Waals surface area contributed by atoms with Crippen molar-refractivity contribution in [3.63, 3.8) is 0 Å². The summed E-state index contributed by atoms with van der Waals surface area (Å²) in [6.07, 6.45) is 5.11. The molecule has 3 heterocycles. The highest BCUT2D eigenvalue weighted by Gasteiger charge is 2.19. The van der Waals surface area contributed by atoms with Crippen LogP contribution in [0.5, 0.6) is 0 Å². The van der Waals surface area contributed by atoms with Crippen LogP contribution in [0.3, 0.4) is 0 Å². The predicted octanol–water partition coefficient (Wildman–Crippen LogP) is 3.11. The molecule has 1 aromatic heterocycles. The minimum atomic E-state index is 0.823. The van der Waals surface area contributed by atoms with Gasteiger partial charge in [-0.15, -0.1) is 0 Å². The number of likely N-dealkylation sites (tertiary alicyclic amines) is 1. The number of anilines is 2. The normalized spacial score (nSPS) is 17.1. The van der Waals surface area contributed by atoms with Gasteiger partial charge in [-0.25, -0.2) is 9.97 Å². The Morgan fingerprint density at radius 1 is 1.22 bits per heavy atom. The maximum absolute atomic E-state index is 8.83. The lowest BCUT2D eigenvalue weighted by Crippen LogP contribution is -2.33. The van der Waals surface area contributed by atoms with Gasteiger partial charge in [-0.3, -0.25) is 4.90 Å². The molecule has 6 nitrogen and oxygen atoms in total. The van der Waals surface area contributed by atoms with Gasteiger partial charge in [0.25, 0.3) is 0 Å². The fraction of sp³-hybridized carbons (Fsp3) is 0.312. The summed E-state index contributed by atoms with van der Waals surface area (Å²) in [6.45, 7) is 2.78. The van der Waals surface area contributed by atoms with Gasteiger partial charge in [0.1, 0.15) is 5.03 Å². The molecule has 0 bridgehead atoms. The monoisotopic (exact) mass is 327 g/mol. The maximum atomic E-state index is 8.83. The second-order valence-electron chi connectivity index (χ2n) is 5.71. The van der Waals surface area contributed by atoms with Gasteiger partial charge in [-0.2, -0.15) is 0 Å². The van der Waals surface area contributed by atoms with E-state index in [2.05, 4.69) is 43.5 Å². The van der Waals surface area contributed by atoms with E-state index in [4.69, 9.17) is 5.21 Å². The summed E-state index contributed by atoms with van der Waals surface area (Å²) in [4.78, 5) is 12.3. The molecule has 23 heavy (non-hydrogen) atoms. The number of aromatic nitrogens is 2. The summed E-state index contributed by atoms with van der Waals surface area (Å²) in [6, 6.07) is 6.50. The van der Waals surface area contributed by atoms with E-state index in [0.29, 0.717) is 0 Å². The molecule has 7 heteroatoms. The molecule has 0 radical (unpaired) electrons. The lowest BCUT2D eigenvalue weighted by Gasteiger charge is -2.27. The van der Waals surface area contributed by atoms with E-state index in [1.807, 2.05) is 0 Å². The van der Waals surface area contributed by atoms with Crippen molar-refractivity contribution in [2.75, 3.05) is 18.4 Å². The maximum Gasteiger partial charge on any atom is 0.163 e. The SMILES string of the molecule is ON=C1CCN(Cc2ccc3c(c2)Nc2nccnc2S3)CC1. The van der Waals surface area contributed by atoms with Crippen molar-refractivity contribution in [3.05, 3.63) is 36.2 Å². The third kappa shape index (κ3) is 3.02. The van der Waals surface area contributed by atoms with Crippen molar-refractivity contribution >= 4 is 29.0 Å². The van der Waals surface area contributed by atoms with Gasteiger partial charge in [0.15, 0.2) is 5.82 Å². The molecular formula is C16H17N5OS. The molecule has 0 spiro atoms. The third-order valence-corrected chi connectivity index (χ3v) is 5.22. The Hall–Kier alpha value is -2.12. The fourth-order valence-electron chi connectivity index (χ4n) is 2.91. The van der Waals surface area contributed by atoms with Crippen molar-refractivity contribution in [2.45, 2.75) is 29.3 Å². The third-order valence-electron chi connectivity index (χ3n) is 4.15. The Morgan fingerprint density at radius 3 is 2.87 bits per heavy atom. The lowest BCUT2D eigenvalue weighted by molar-refractivity contribution is 0.256. The molecule has 4 rings (SSSR count). The average molecular weight is 327 g/mol. The largest absolute Gasteiger partial charge is 0.411 e.